The van der Waals surface area contributed by atoms with Crippen molar-refractivity contribution in [2.75, 3.05) is 31.6 Å². The number of aryl methyl sites for hydroxylation is 1. The summed E-state index contributed by atoms with van der Waals surface area (Å²) in [6, 6.07) is 27.2. The summed E-state index contributed by atoms with van der Waals surface area (Å²) >= 11 is 3.39. The molecule has 0 bridgehead atoms. The van der Waals surface area contributed by atoms with Crippen LogP contribution in [0, 0.1) is 6.92 Å². The lowest BCUT2D eigenvalue weighted by molar-refractivity contribution is -0.140. The molecule has 0 saturated heterocycles. The number of sulfonamides is 1. The maximum Gasteiger partial charge on any atom is 0.264 e. The van der Waals surface area contributed by atoms with Gasteiger partial charge in [-0.25, -0.2) is 8.42 Å². The second-order valence-electron chi connectivity index (χ2n) is 11.4. The number of methoxy groups -OCH3 is 2. The molecule has 0 spiro atoms. The molecule has 1 N–H and O–H groups in total. The van der Waals surface area contributed by atoms with Crippen molar-refractivity contribution in [3.05, 3.63) is 118 Å². The molecule has 0 aliphatic rings. The Morgan fingerprint density at radius 3 is 2.23 bits per heavy atom. The number of nitrogens with zero attached hydrogens (tertiary/aromatic N) is 2. The third-order valence-electron chi connectivity index (χ3n) is 7.90. The summed E-state index contributed by atoms with van der Waals surface area (Å²) in [6.07, 6.45) is 1.91. The minimum Gasteiger partial charge on any atom is -0.497 e. The van der Waals surface area contributed by atoms with Crippen molar-refractivity contribution < 1.29 is 27.5 Å². The van der Waals surface area contributed by atoms with E-state index < -0.39 is 28.5 Å². The van der Waals surface area contributed by atoms with E-state index in [-0.39, 0.29) is 23.8 Å². The van der Waals surface area contributed by atoms with E-state index in [0.717, 1.165) is 33.8 Å². The van der Waals surface area contributed by atoms with Crippen LogP contribution in [-0.4, -0.2) is 58.5 Å². The van der Waals surface area contributed by atoms with E-state index in [1.165, 1.54) is 24.1 Å². The number of hydrogen-bond donors (Lipinski definition) is 1. The molecule has 1 unspecified atom stereocenters. The molecular weight excluding hydrogens is 694 g/mol. The first-order chi connectivity index (χ1) is 23.1. The number of rotatable bonds is 16. The highest BCUT2D eigenvalue weighted by atomic mass is 79.9. The second-order valence-corrected chi connectivity index (χ2v) is 14.1. The lowest BCUT2D eigenvalue weighted by Gasteiger charge is -2.34. The number of anilines is 1. The molecule has 0 heterocycles. The number of amides is 2. The third-order valence-corrected chi connectivity index (χ3v) is 10.3. The van der Waals surface area contributed by atoms with E-state index in [2.05, 4.69) is 21.2 Å². The number of benzene rings is 4. The number of unbranched alkanes of at least 4 members (excludes halogenated alkanes) is 1. The molecule has 0 radical (unpaired) electrons. The zero-order valence-corrected chi connectivity index (χ0v) is 30.1. The van der Waals surface area contributed by atoms with Crippen LogP contribution in [0.5, 0.6) is 11.5 Å². The van der Waals surface area contributed by atoms with Crippen molar-refractivity contribution in [3.63, 3.8) is 0 Å². The van der Waals surface area contributed by atoms with Crippen LogP contribution >= 0.6 is 15.9 Å². The van der Waals surface area contributed by atoms with Gasteiger partial charge in [-0.05, 0) is 82.9 Å². The number of halogens is 1. The molecule has 254 valence electrons. The highest BCUT2D eigenvalue weighted by Crippen LogP contribution is 2.31. The number of carbonyl (C=O) groups is 2. The molecule has 0 aliphatic carbocycles. The van der Waals surface area contributed by atoms with Crippen LogP contribution in [0.4, 0.5) is 5.69 Å². The summed E-state index contributed by atoms with van der Waals surface area (Å²) in [4.78, 5) is 30.0. The third kappa shape index (κ3) is 9.38. The predicted molar refractivity (Wildman–Crippen MR) is 192 cm³/mol. The lowest BCUT2D eigenvalue weighted by atomic mass is 10.0. The van der Waals surface area contributed by atoms with E-state index in [1.807, 2.05) is 56.3 Å². The monoisotopic (exact) mass is 735 g/mol. The molecule has 1 atom stereocenters. The fourth-order valence-corrected chi connectivity index (χ4v) is 7.34. The normalized spacial score (nSPS) is 11.8. The standard InChI is InChI=1S/C37H42BrN3O6S/c1-5-6-21-39-37(43)34(23-28-11-8-7-9-12-28)40(25-29-13-10-14-31(22-29)46-3)36(42)26-41(30-17-15-27(2)16-18-30)48(44,45)32-19-20-35(47-4)33(38)24-32/h7-20,22,24,34H,5-6,21,23,25-26H2,1-4H3,(H,39,43). The van der Waals surface area contributed by atoms with Crippen LogP contribution in [0.2, 0.25) is 0 Å². The Morgan fingerprint density at radius 1 is 0.875 bits per heavy atom. The van der Waals surface area contributed by atoms with Crippen LogP contribution < -0.4 is 19.1 Å². The molecule has 0 fully saturated rings. The molecule has 0 aliphatic heterocycles. The van der Waals surface area contributed by atoms with E-state index in [9.17, 15) is 18.0 Å². The van der Waals surface area contributed by atoms with Crippen LogP contribution in [0.3, 0.4) is 0 Å². The molecule has 48 heavy (non-hydrogen) atoms. The molecule has 0 aromatic heterocycles. The maximum absolute atomic E-state index is 14.6. The van der Waals surface area contributed by atoms with E-state index >= 15 is 0 Å². The average Bonchev–Trinajstić information content (AvgIpc) is 3.09. The average molecular weight is 737 g/mol. The van der Waals surface area contributed by atoms with Gasteiger partial charge in [0, 0.05) is 19.5 Å². The highest BCUT2D eigenvalue weighted by molar-refractivity contribution is 9.10. The van der Waals surface area contributed by atoms with Gasteiger partial charge >= 0.3 is 0 Å². The maximum atomic E-state index is 14.6. The molecule has 11 heteroatoms. The predicted octanol–water partition coefficient (Wildman–Crippen LogP) is 6.53. The fraction of sp³-hybridized carbons (Fsp3) is 0.297. The Hall–Kier alpha value is -4.35. The van der Waals surface area contributed by atoms with Gasteiger partial charge in [0.2, 0.25) is 11.8 Å². The first kappa shape index (κ1) is 36.5. The lowest BCUT2D eigenvalue weighted by Crippen LogP contribution is -2.53. The van der Waals surface area contributed by atoms with Gasteiger partial charge in [0.05, 0.1) is 29.3 Å². The second kappa shape index (κ2) is 17.2. The van der Waals surface area contributed by atoms with Crippen LogP contribution in [0.15, 0.2) is 106 Å². The molecule has 4 aromatic carbocycles. The van der Waals surface area contributed by atoms with Crippen molar-refractivity contribution in [2.45, 2.75) is 50.6 Å². The van der Waals surface area contributed by atoms with Gasteiger partial charge in [0.25, 0.3) is 10.0 Å². The number of ether oxygens (including phenoxy) is 2. The number of carbonyl (C=O) groups excluding carboxylic acids is 2. The topological polar surface area (TPSA) is 105 Å². The number of nitrogens with one attached hydrogen (secondary N) is 1. The van der Waals surface area contributed by atoms with Crippen LogP contribution in [-0.2, 0) is 32.6 Å². The Bertz CT molecular complexity index is 1780. The first-order valence-corrected chi connectivity index (χ1v) is 18.0. The molecule has 9 nitrogen and oxygen atoms in total. The Kier molecular flexibility index (Phi) is 13.0. The van der Waals surface area contributed by atoms with Crippen molar-refractivity contribution in [1.29, 1.82) is 0 Å². The van der Waals surface area contributed by atoms with Gasteiger partial charge in [-0.15, -0.1) is 0 Å². The van der Waals surface area contributed by atoms with Crippen LogP contribution in [0.25, 0.3) is 0 Å². The van der Waals surface area contributed by atoms with Crippen LogP contribution in [0.1, 0.15) is 36.5 Å². The first-order valence-electron chi connectivity index (χ1n) is 15.7. The summed E-state index contributed by atoms with van der Waals surface area (Å²) in [5, 5.41) is 3.01. The van der Waals surface area contributed by atoms with Crippen molar-refractivity contribution in [2.24, 2.45) is 0 Å². The Morgan fingerprint density at radius 2 is 1.58 bits per heavy atom. The molecule has 0 saturated carbocycles. The largest absolute Gasteiger partial charge is 0.497 e. The summed E-state index contributed by atoms with van der Waals surface area (Å²) in [5.74, 6) is 0.212. The van der Waals surface area contributed by atoms with Gasteiger partial charge in [-0.3, -0.25) is 13.9 Å². The summed E-state index contributed by atoms with van der Waals surface area (Å²) < 4.78 is 41.0. The van der Waals surface area contributed by atoms with Gasteiger partial charge in [-0.1, -0.05) is 73.5 Å². The zero-order valence-electron chi connectivity index (χ0n) is 27.7. The molecule has 4 aromatic rings. The van der Waals surface area contributed by atoms with E-state index in [0.29, 0.717) is 28.2 Å². The molecule has 4 rings (SSSR count). The summed E-state index contributed by atoms with van der Waals surface area (Å²) in [7, 11) is -1.22. The molecular formula is C37H42BrN3O6S. The summed E-state index contributed by atoms with van der Waals surface area (Å²) in [6.45, 7) is 3.89. The van der Waals surface area contributed by atoms with Gasteiger partial charge in [-0.2, -0.15) is 0 Å². The van der Waals surface area contributed by atoms with Crippen molar-refractivity contribution in [3.8, 4) is 11.5 Å². The SMILES string of the molecule is CCCCNC(=O)C(Cc1ccccc1)N(Cc1cccc(OC)c1)C(=O)CN(c1ccc(C)cc1)S(=O)(=O)c1ccc(OC)c(Br)c1. The Labute approximate surface area is 292 Å². The van der Waals surface area contributed by atoms with E-state index in [1.54, 1.807) is 49.6 Å². The van der Waals surface area contributed by atoms with Crippen molar-refractivity contribution >= 4 is 43.5 Å². The fourth-order valence-electron chi connectivity index (χ4n) is 5.20. The smallest absolute Gasteiger partial charge is 0.264 e. The van der Waals surface area contributed by atoms with E-state index in [4.69, 9.17) is 9.47 Å². The quantitative estimate of drug-likeness (QED) is 0.131. The number of hydrogen-bond acceptors (Lipinski definition) is 6. The summed E-state index contributed by atoms with van der Waals surface area (Å²) in [5.41, 5.74) is 2.84. The van der Waals surface area contributed by atoms with Gasteiger partial charge in [0.15, 0.2) is 0 Å². The minimum atomic E-state index is -4.27. The highest BCUT2D eigenvalue weighted by Gasteiger charge is 2.35. The zero-order chi connectivity index (χ0) is 34.7. The molecule has 2 amide bonds. The Balaban J connectivity index is 1.81. The minimum absolute atomic E-state index is 0.0268. The van der Waals surface area contributed by atoms with Gasteiger partial charge < -0.3 is 19.7 Å². The van der Waals surface area contributed by atoms with Crippen molar-refractivity contribution in [1.82, 2.24) is 10.2 Å². The van der Waals surface area contributed by atoms with Gasteiger partial charge in [0.1, 0.15) is 24.1 Å².